The Morgan fingerprint density at radius 3 is 2.48 bits per heavy atom. The van der Waals surface area contributed by atoms with Crippen molar-refractivity contribution in [2.75, 3.05) is 11.5 Å². The van der Waals surface area contributed by atoms with Crippen LogP contribution in [0.25, 0.3) is 22.3 Å². The molecule has 1 unspecified atom stereocenters. The van der Waals surface area contributed by atoms with Gasteiger partial charge in [-0.2, -0.15) is 11.8 Å². The topological polar surface area (TPSA) is 96.6 Å². The largest absolute Gasteiger partial charge is 0.480 e. The second kappa shape index (κ2) is 9.83. The van der Waals surface area contributed by atoms with Crippen molar-refractivity contribution in [1.82, 2.24) is 5.32 Å². The normalized spacial score (nSPS) is 12.0. The number of fused-ring (bicyclic) bond motifs is 1. The lowest BCUT2D eigenvalue weighted by molar-refractivity contribution is -0.139. The second-order valence-electron chi connectivity index (χ2n) is 7.36. The van der Waals surface area contributed by atoms with Crippen LogP contribution in [0.2, 0.25) is 0 Å². The van der Waals surface area contributed by atoms with Gasteiger partial charge in [-0.3, -0.25) is 9.59 Å². The van der Waals surface area contributed by atoms with Gasteiger partial charge in [-0.05, 0) is 61.1 Å². The Hall–Kier alpha value is -3.06. The van der Waals surface area contributed by atoms with Gasteiger partial charge in [0.1, 0.15) is 17.4 Å². The van der Waals surface area contributed by atoms with Gasteiger partial charge in [0.05, 0.1) is 5.39 Å². The highest BCUT2D eigenvalue weighted by atomic mass is 32.2. The molecule has 3 aromatic rings. The molecule has 3 rings (SSSR count). The summed E-state index contributed by atoms with van der Waals surface area (Å²) in [7, 11) is 0. The lowest BCUT2D eigenvalue weighted by Crippen LogP contribution is -2.41. The molecule has 0 aliphatic heterocycles. The average Bonchev–Trinajstić information content (AvgIpc) is 2.73. The molecule has 0 fully saturated rings. The van der Waals surface area contributed by atoms with Crippen molar-refractivity contribution in [1.29, 1.82) is 0 Å². The summed E-state index contributed by atoms with van der Waals surface area (Å²) < 4.78 is 5.99. The summed E-state index contributed by atoms with van der Waals surface area (Å²) in [4.78, 5) is 36.5. The van der Waals surface area contributed by atoms with Crippen molar-refractivity contribution in [2.45, 2.75) is 33.2 Å². The molecule has 0 aliphatic rings. The van der Waals surface area contributed by atoms with E-state index >= 15 is 0 Å². The highest BCUT2D eigenvalue weighted by molar-refractivity contribution is 7.99. The van der Waals surface area contributed by atoms with E-state index in [9.17, 15) is 19.5 Å². The van der Waals surface area contributed by atoms with E-state index in [1.807, 2.05) is 32.9 Å². The Morgan fingerprint density at radius 2 is 1.84 bits per heavy atom. The smallest absolute Gasteiger partial charge is 0.326 e. The minimum absolute atomic E-state index is 0.126. The molecule has 0 saturated heterocycles. The molecule has 0 spiro atoms. The predicted molar refractivity (Wildman–Crippen MR) is 124 cm³/mol. The minimum Gasteiger partial charge on any atom is -0.480 e. The standard InChI is InChI=1S/C24H25NO5S/c1-4-31-10-9-19(24(28)29)25-23(27)17-7-5-16(6-8-17)21-13-20(26)18-12-14(2)11-15(3)22(18)30-21/h5-8,11-13,19H,4,9-10H2,1-3H3,(H,25,27)(H,28,29). The number of carboxylic acids is 1. The van der Waals surface area contributed by atoms with Crippen LogP contribution >= 0.6 is 11.8 Å². The first kappa shape index (κ1) is 22.6. The molecule has 2 aromatic carbocycles. The maximum Gasteiger partial charge on any atom is 0.326 e. The molecular weight excluding hydrogens is 414 g/mol. The average molecular weight is 440 g/mol. The summed E-state index contributed by atoms with van der Waals surface area (Å²) >= 11 is 1.63. The van der Waals surface area contributed by atoms with Gasteiger partial charge in [-0.15, -0.1) is 0 Å². The monoisotopic (exact) mass is 439 g/mol. The molecule has 0 bridgehead atoms. The Balaban J connectivity index is 1.82. The number of benzene rings is 2. The Bertz CT molecular complexity index is 1170. The van der Waals surface area contributed by atoms with Crippen molar-refractivity contribution in [3.05, 3.63) is 69.4 Å². The van der Waals surface area contributed by atoms with E-state index in [0.717, 1.165) is 16.9 Å². The van der Waals surface area contributed by atoms with Gasteiger partial charge >= 0.3 is 5.97 Å². The molecule has 31 heavy (non-hydrogen) atoms. The van der Waals surface area contributed by atoms with Gasteiger partial charge in [0.15, 0.2) is 5.43 Å². The molecule has 0 aliphatic carbocycles. The molecule has 1 aromatic heterocycles. The van der Waals surface area contributed by atoms with E-state index < -0.39 is 17.9 Å². The van der Waals surface area contributed by atoms with Crippen LogP contribution in [-0.4, -0.2) is 34.5 Å². The molecule has 1 heterocycles. The van der Waals surface area contributed by atoms with Crippen LogP contribution in [0.15, 0.2) is 51.7 Å². The van der Waals surface area contributed by atoms with Crippen LogP contribution in [0.1, 0.15) is 34.8 Å². The summed E-state index contributed by atoms with van der Waals surface area (Å²) in [5.74, 6) is 0.464. The summed E-state index contributed by atoms with van der Waals surface area (Å²) in [5.41, 5.74) is 3.29. The van der Waals surface area contributed by atoms with Crippen LogP contribution in [0.5, 0.6) is 0 Å². The minimum atomic E-state index is -1.05. The molecule has 1 atom stereocenters. The maximum atomic E-state index is 12.6. The zero-order valence-electron chi connectivity index (χ0n) is 17.7. The number of aliphatic carboxylic acids is 1. The fraction of sp³-hybridized carbons (Fsp3) is 0.292. The number of aryl methyl sites for hydroxylation is 2. The third-order valence-electron chi connectivity index (χ3n) is 4.95. The first-order valence-electron chi connectivity index (χ1n) is 10.1. The Kier molecular flexibility index (Phi) is 7.17. The van der Waals surface area contributed by atoms with E-state index in [1.165, 1.54) is 6.07 Å². The maximum absolute atomic E-state index is 12.6. The van der Waals surface area contributed by atoms with E-state index in [1.54, 1.807) is 36.0 Å². The van der Waals surface area contributed by atoms with Crippen molar-refractivity contribution in [3.63, 3.8) is 0 Å². The summed E-state index contributed by atoms with van der Waals surface area (Å²) in [6.45, 7) is 5.83. The number of carbonyl (C=O) groups excluding carboxylic acids is 1. The van der Waals surface area contributed by atoms with Gasteiger partial charge in [-0.1, -0.05) is 25.1 Å². The van der Waals surface area contributed by atoms with Crippen LogP contribution in [0, 0.1) is 13.8 Å². The lowest BCUT2D eigenvalue weighted by atomic mass is 10.1. The van der Waals surface area contributed by atoms with Gasteiger partial charge < -0.3 is 14.8 Å². The molecule has 0 saturated carbocycles. The molecular formula is C24H25NO5S. The SMILES string of the molecule is CCSCCC(NC(=O)c1ccc(-c2cc(=O)c3cc(C)cc(C)c3o2)cc1)C(=O)O. The summed E-state index contributed by atoms with van der Waals surface area (Å²) in [5, 5.41) is 12.5. The second-order valence-corrected chi connectivity index (χ2v) is 8.75. The highest BCUT2D eigenvalue weighted by Crippen LogP contribution is 2.25. The number of carbonyl (C=O) groups is 2. The summed E-state index contributed by atoms with van der Waals surface area (Å²) in [6.07, 6.45) is 0.360. The third kappa shape index (κ3) is 5.35. The number of amides is 1. The van der Waals surface area contributed by atoms with Gasteiger partial charge in [0, 0.05) is 17.2 Å². The fourth-order valence-corrected chi connectivity index (χ4v) is 4.07. The molecule has 0 radical (unpaired) electrons. The number of carboxylic acid groups (broad SMARTS) is 1. The summed E-state index contributed by atoms with van der Waals surface area (Å²) in [6, 6.07) is 10.8. The Labute approximate surface area is 184 Å². The van der Waals surface area contributed by atoms with Gasteiger partial charge in [0.25, 0.3) is 5.91 Å². The molecule has 6 nitrogen and oxygen atoms in total. The van der Waals surface area contributed by atoms with Crippen molar-refractivity contribution in [2.24, 2.45) is 0 Å². The quantitative estimate of drug-likeness (QED) is 0.505. The number of thioether (sulfide) groups is 1. The molecule has 7 heteroatoms. The number of nitrogens with one attached hydrogen (secondary N) is 1. The van der Waals surface area contributed by atoms with E-state index in [2.05, 4.69) is 5.32 Å². The van der Waals surface area contributed by atoms with E-state index in [0.29, 0.717) is 40.0 Å². The van der Waals surface area contributed by atoms with E-state index in [-0.39, 0.29) is 5.43 Å². The van der Waals surface area contributed by atoms with Crippen LogP contribution in [0.3, 0.4) is 0 Å². The molecule has 2 N–H and O–H groups in total. The van der Waals surface area contributed by atoms with Gasteiger partial charge in [0.2, 0.25) is 0 Å². The van der Waals surface area contributed by atoms with Crippen LogP contribution < -0.4 is 10.7 Å². The van der Waals surface area contributed by atoms with Crippen LogP contribution in [-0.2, 0) is 4.79 Å². The van der Waals surface area contributed by atoms with Crippen LogP contribution in [0.4, 0.5) is 0 Å². The Morgan fingerprint density at radius 1 is 1.13 bits per heavy atom. The first-order valence-corrected chi connectivity index (χ1v) is 11.2. The molecule has 162 valence electrons. The number of hydrogen-bond donors (Lipinski definition) is 2. The number of hydrogen-bond acceptors (Lipinski definition) is 5. The zero-order valence-corrected chi connectivity index (χ0v) is 18.5. The zero-order chi connectivity index (χ0) is 22.5. The number of rotatable bonds is 8. The molecule has 1 amide bonds. The van der Waals surface area contributed by atoms with Crippen molar-refractivity contribution in [3.8, 4) is 11.3 Å². The van der Waals surface area contributed by atoms with E-state index in [4.69, 9.17) is 4.42 Å². The van der Waals surface area contributed by atoms with Gasteiger partial charge in [-0.25, -0.2) is 4.79 Å². The lowest BCUT2D eigenvalue weighted by Gasteiger charge is -2.14. The first-order chi connectivity index (χ1) is 14.8. The highest BCUT2D eigenvalue weighted by Gasteiger charge is 2.20. The predicted octanol–water partition coefficient (Wildman–Crippen LogP) is 4.40. The fourth-order valence-electron chi connectivity index (χ4n) is 3.38. The van der Waals surface area contributed by atoms with Crippen molar-refractivity contribution < 1.29 is 19.1 Å². The third-order valence-corrected chi connectivity index (χ3v) is 5.88. The van der Waals surface area contributed by atoms with Crippen molar-refractivity contribution >= 4 is 34.6 Å².